The number of ether oxygens (including phenoxy) is 2. The van der Waals surface area contributed by atoms with Crippen LogP contribution in [0.2, 0.25) is 0 Å². The van der Waals surface area contributed by atoms with Gasteiger partial charge in [0.2, 0.25) is 11.7 Å². The Labute approximate surface area is 248 Å². The lowest BCUT2D eigenvalue weighted by atomic mass is 9.96. The van der Waals surface area contributed by atoms with Crippen molar-refractivity contribution in [3.8, 4) is 17.1 Å². The van der Waals surface area contributed by atoms with Gasteiger partial charge in [0.15, 0.2) is 0 Å². The van der Waals surface area contributed by atoms with E-state index in [0.717, 1.165) is 82.7 Å². The first kappa shape index (κ1) is 30.1. The van der Waals surface area contributed by atoms with E-state index in [9.17, 15) is 9.59 Å². The number of nitrogens with one attached hydrogen (secondary N) is 1. The van der Waals surface area contributed by atoms with Crippen LogP contribution in [0, 0.1) is 17.8 Å². The number of aromatic nitrogens is 2. The Bertz CT molecular complexity index is 1190. The van der Waals surface area contributed by atoms with Crippen molar-refractivity contribution in [1.82, 2.24) is 25.3 Å². The molecule has 1 aromatic carbocycles. The van der Waals surface area contributed by atoms with E-state index in [1.54, 1.807) is 7.11 Å². The Kier molecular flexibility index (Phi) is 9.55. The monoisotopic (exact) mass is 582 g/mol. The van der Waals surface area contributed by atoms with Crippen LogP contribution in [0.3, 0.4) is 0 Å². The van der Waals surface area contributed by atoms with E-state index >= 15 is 0 Å². The van der Waals surface area contributed by atoms with E-state index in [0.29, 0.717) is 36.8 Å². The first-order valence-electron chi connectivity index (χ1n) is 15.4. The van der Waals surface area contributed by atoms with Crippen LogP contribution in [0.5, 0.6) is 5.75 Å². The van der Waals surface area contributed by atoms with Crippen LogP contribution in [-0.4, -0.2) is 97.0 Å². The van der Waals surface area contributed by atoms with Crippen molar-refractivity contribution in [1.29, 1.82) is 0 Å². The summed E-state index contributed by atoms with van der Waals surface area (Å²) >= 11 is 0. The number of anilines is 1. The van der Waals surface area contributed by atoms with Gasteiger partial charge in [0.1, 0.15) is 11.4 Å². The Morgan fingerprint density at radius 1 is 1.00 bits per heavy atom. The molecule has 0 bridgehead atoms. The molecule has 4 heterocycles. The molecule has 0 radical (unpaired) electrons. The summed E-state index contributed by atoms with van der Waals surface area (Å²) in [7, 11) is 1.64. The Balaban J connectivity index is 1.01. The minimum Gasteiger partial charge on any atom is -0.497 e. The zero-order valence-electron chi connectivity index (χ0n) is 25.5. The Morgan fingerprint density at radius 2 is 1.76 bits per heavy atom. The van der Waals surface area contributed by atoms with Crippen molar-refractivity contribution < 1.29 is 23.6 Å². The lowest BCUT2D eigenvalue weighted by Gasteiger charge is -2.35. The molecule has 42 heavy (non-hydrogen) atoms. The number of piperidine rings is 2. The predicted molar refractivity (Wildman–Crippen MR) is 159 cm³/mol. The number of nitrogens with zero attached hydrogens (tertiary/aromatic N) is 5. The zero-order chi connectivity index (χ0) is 29.7. The van der Waals surface area contributed by atoms with Gasteiger partial charge in [-0.1, -0.05) is 5.16 Å². The Hall–Kier alpha value is -3.34. The minimum absolute atomic E-state index is 0.00353. The van der Waals surface area contributed by atoms with Crippen LogP contribution in [0.4, 0.5) is 10.8 Å². The predicted octanol–water partition coefficient (Wildman–Crippen LogP) is 4.05. The molecule has 3 saturated heterocycles. The SMILES string of the molecule is COc1ccc(-c2noc(N3CCC(C(=O)NCC4CCN(C[C@H]5CCCN(C(=O)OC(C)(C)C)C5)C4)CC3)n2)cc1. The molecule has 2 amide bonds. The summed E-state index contributed by atoms with van der Waals surface area (Å²) in [6, 6.07) is 8.05. The van der Waals surface area contributed by atoms with Crippen LogP contribution < -0.4 is 15.0 Å². The van der Waals surface area contributed by atoms with Crippen molar-refractivity contribution in [2.24, 2.45) is 17.8 Å². The van der Waals surface area contributed by atoms with Gasteiger partial charge in [-0.2, -0.15) is 4.98 Å². The molecule has 11 nitrogen and oxygen atoms in total. The van der Waals surface area contributed by atoms with Crippen molar-refractivity contribution >= 4 is 18.0 Å². The number of carbonyl (C=O) groups is 2. The summed E-state index contributed by atoms with van der Waals surface area (Å²) in [5.41, 5.74) is 0.400. The second-order valence-electron chi connectivity index (χ2n) is 13.0. The lowest BCUT2D eigenvalue weighted by molar-refractivity contribution is -0.125. The minimum atomic E-state index is -0.468. The topological polar surface area (TPSA) is 113 Å². The number of benzene rings is 1. The van der Waals surface area contributed by atoms with Crippen molar-refractivity contribution in [2.45, 2.75) is 58.5 Å². The van der Waals surface area contributed by atoms with Crippen LogP contribution in [0.25, 0.3) is 11.4 Å². The first-order chi connectivity index (χ1) is 20.2. The van der Waals surface area contributed by atoms with Gasteiger partial charge in [0.05, 0.1) is 7.11 Å². The number of carbonyl (C=O) groups excluding carboxylic acids is 2. The molecule has 2 atom stereocenters. The lowest BCUT2D eigenvalue weighted by Crippen LogP contribution is -2.45. The standard InChI is InChI=1S/C31H46N6O5/c1-31(2,3)41-30(39)37-14-5-6-23(21-37)20-35-15-11-22(19-35)18-32-28(38)25-12-16-36(17-13-25)29-33-27(34-42-29)24-7-9-26(40-4)10-8-24/h7-10,22-23,25H,5-6,11-21H2,1-4H3,(H,32,38)/t22?,23-/m1/s1. The quantitative estimate of drug-likeness (QED) is 0.493. The molecule has 11 heteroatoms. The zero-order valence-corrected chi connectivity index (χ0v) is 25.5. The molecule has 0 aliphatic carbocycles. The highest BCUT2D eigenvalue weighted by atomic mass is 16.6. The van der Waals surface area contributed by atoms with Crippen LogP contribution in [0.1, 0.15) is 52.9 Å². The molecular weight excluding hydrogens is 536 g/mol. The summed E-state index contributed by atoms with van der Waals surface area (Å²) in [6.07, 6.45) is 4.58. The molecule has 2 aromatic rings. The third kappa shape index (κ3) is 7.93. The molecule has 3 aliphatic heterocycles. The average Bonchev–Trinajstić information content (AvgIpc) is 3.65. The van der Waals surface area contributed by atoms with E-state index in [-0.39, 0.29) is 17.9 Å². The summed E-state index contributed by atoms with van der Waals surface area (Å²) < 4.78 is 16.3. The average molecular weight is 583 g/mol. The van der Waals surface area contributed by atoms with E-state index in [2.05, 4.69) is 25.3 Å². The highest BCUT2D eigenvalue weighted by molar-refractivity contribution is 5.79. The smallest absolute Gasteiger partial charge is 0.410 e. The third-order valence-electron chi connectivity index (χ3n) is 8.52. The molecule has 230 valence electrons. The number of methoxy groups -OCH3 is 1. The van der Waals surface area contributed by atoms with Gasteiger partial charge in [0.25, 0.3) is 0 Å². The number of amides is 2. The maximum Gasteiger partial charge on any atom is 0.410 e. The molecule has 1 aromatic heterocycles. The maximum absolute atomic E-state index is 13.0. The Morgan fingerprint density at radius 3 is 2.48 bits per heavy atom. The van der Waals surface area contributed by atoms with Crippen molar-refractivity contribution in [3.63, 3.8) is 0 Å². The molecule has 0 spiro atoms. The molecule has 3 aliphatic rings. The molecule has 3 fully saturated rings. The number of likely N-dealkylation sites (tertiary alicyclic amines) is 2. The van der Waals surface area contributed by atoms with E-state index < -0.39 is 5.60 Å². The van der Waals surface area contributed by atoms with E-state index in [1.165, 1.54) is 0 Å². The summed E-state index contributed by atoms with van der Waals surface area (Å²) in [4.78, 5) is 36.5. The summed E-state index contributed by atoms with van der Waals surface area (Å²) in [5, 5.41) is 7.37. The highest BCUT2D eigenvalue weighted by Crippen LogP contribution is 2.27. The normalized spacial score (nSPS) is 22.3. The molecule has 1 unspecified atom stereocenters. The van der Waals surface area contributed by atoms with Crippen molar-refractivity contribution in [2.75, 3.05) is 64.4 Å². The number of rotatable bonds is 8. The second-order valence-corrected chi connectivity index (χ2v) is 13.0. The largest absolute Gasteiger partial charge is 0.497 e. The van der Waals surface area contributed by atoms with Gasteiger partial charge in [-0.25, -0.2) is 4.79 Å². The fourth-order valence-electron chi connectivity index (χ4n) is 6.24. The van der Waals surface area contributed by atoms with Gasteiger partial charge in [-0.3, -0.25) is 4.79 Å². The second kappa shape index (κ2) is 13.3. The van der Waals surface area contributed by atoms with Gasteiger partial charge in [0, 0.05) is 57.3 Å². The maximum atomic E-state index is 13.0. The molecule has 0 saturated carbocycles. The first-order valence-corrected chi connectivity index (χ1v) is 15.4. The summed E-state index contributed by atoms with van der Waals surface area (Å²) in [5.74, 6) is 2.41. The van der Waals surface area contributed by atoms with Gasteiger partial charge in [-0.15, -0.1) is 0 Å². The number of hydrogen-bond acceptors (Lipinski definition) is 9. The van der Waals surface area contributed by atoms with Crippen LogP contribution >= 0.6 is 0 Å². The van der Waals surface area contributed by atoms with Gasteiger partial charge >= 0.3 is 12.1 Å². The van der Waals surface area contributed by atoms with Gasteiger partial charge in [-0.05, 0) is 95.5 Å². The van der Waals surface area contributed by atoms with Crippen LogP contribution in [-0.2, 0) is 9.53 Å². The number of hydrogen-bond donors (Lipinski definition) is 1. The molecule has 5 rings (SSSR count). The fraction of sp³-hybridized carbons (Fsp3) is 0.677. The highest BCUT2D eigenvalue weighted by Gasteiger charge is 2.32. The van der Waals surface area contributed by atoms with E-state index in [4.69, 9.17) is 14.0 Å². The molecule has 1 N–H and O–H groups in total. The fourth-order valence-corrected chi connectivity index (χ4v) is 6.24. The van der Waals surface area contributed by atoms with Gasteiger partial charge < -0.3 is 34.0 Å². The third-order valence-corrected chi connectivity index (χ3v) is 8.52. The summed E-state index contributed by atoms with van der Waals surface area (Å²) in [6.45, 7) is 12.5. The van der Waals surface area contributed by atoms with Crippen LogP contribution in [0.15, 0.2) is 28.8 Å². The van der Waals surface area contributed by atoms with Crippen molar-refractivity contribution in [3.05, 3.63) is 24.3 Å². The van der Waals surface area contributed by atoms with E-state index in [1.807, 2.05) is 49.9 Å². The molecular formula is C31H46N6O5.